The van der Waals surface area contributed by atoms with Crippen LogP contribution in [0.25, 0.3) is 0 Å². The molecule has 0 radical (unpaired) electrons. The summed E-state index contributed by atoms with van der Waals surface area (Å²) in [6, 6.07) is -4.40. The second-order valence-corrected chi connectivity index (χ2v) is 9.19. The van der Waals surface area contributed by atoms with E-state index in [9.17, 15) is 29.1 Å². The van der Waals surface area contributed by atoms with Gasteiger partial charge in [-0.2, -0.15) is 11.8 Å². The third-order valence-corrected chi connectivity index (χ3v) is 6.22. The lowest BCUT2D eigenvalue weighted by atomic mass is 9.95. The van der Waals surface area contributed by atoms with Crippen molar-refractivity contribution in [3.8, 4) is 0 Å². The van der Waals surface area contributed by atoms with Crippen LogP contribution >= 0.6 is 11.8 Å². The van der Waals surface area contributed by atoms with Crippen LogP contribution in [0.2, 0.25) is 0 Å². The molecule has 190 valence electrons. The molecular weight excluding hydrogens is 450 g/mol. The minimum absolute atomic E-state index is 0.329. The van der Waals surface area contributed by atoms with Gasteiger partial charge in [-0.25, -0.2) is 4.79 Å². The van der Waals surface area contributed by atoms with Crippen molar-refractivity contribution >= 4 is 41.4 Å². The van der Waals surface area contributed by atoms with Crippen LogP contribution in [0.3, 0.4) is 0 Å². The smallest absolute Gasteiger partial charge is 0.326 e. The van der Waals surface area contributed by atoms with E-state index in [2.05, 4.69) is 16.0 Å². The molecule has 0 fully saturated rings. The van der Waals surface area contributed by atoms with E-state index < -0.39 is 60.2 Å². The van der Waals surface area contributed by atoms with Gasteiger partial charge in [-0.3, -0.25) is 19.2 Å². The largest absolute Gasteiger partial charge is 0.480 e. The summed E-state index contributed by atoms with van der Waals surface area (Å²) in [7, 11) is 0. The molecule has 0 aliphatic heterocycles. The number of amides is 4. The van der Waals surface area contributed by atoms with Crippen molar-refractivity contribution in [1.29, 1.82) is 0 Å². The van der Waals surface area contributed by atoms with Crippen molar-refractivity contribution in [2.75, 3.05) is 12.0 Å². The SMILES string of the molecule is CCC(C)C(NC(=O)C(NC(=O)C(CC(N)=O)NC(=O)C(N)CCSC)C(C)CC)C(=O)O. The lowest BCUT2D eigenvalue weighted by molar-refractivity contribution is -0.144. The highest BCUT2D eigenvalue weighted by Gasteiger charge is 2.34. The first-order chi connectivity index (χ1) is 15.4. The second kappa shape index (κ2) is 15.5. The van der Waals surface area contributed by atoms with E-state index in [1.165, 1.54) is 11.8 Å². The van der Waals surface area contributed by atoms with E-state index >= 15 is 0 Å². The van der Waals surface area contributed by atoms with Crippen LogP contribution < -0.4 is 27.4 Å². The molecule has 0 aromatic heterocycles. The maximum atomic E-state index is 12.9. The van der Waals surface area contributed by atoms with Crippen LogP contribution in [0.15, 0.2) is 0 Å². The van der Waals surface area contributed by atoms with Crippen LogP contribution in [0.5, 0.6) is 0 Å². The number of thioether (sulfide) groups is 1. The first-order valence-electron chi connectivity index (χ1n) is 11.1. The Kier molecular flexibility index (Phi) is 14.4. The Morgan fingerprint density at radius 1 is 0.879 bits per heavy atom. The quantitative estimate of drug-likeness (QED) is 0.168. The fourth-order valence-electron chi connectivity index (χ4n) is 2.95. The van der Waals surface area contributed by atoms with E-state index in [1.54, 1.807) is 13.8 Å². The molecule has 0 aliphatic carbocycles. The predicted octanol–water partition coefficient (Wildman–Crippen LogP) is -0.427. The summed E-state index contributed by atoms with van der Waals surface area (Å²) in [5.74, 6) is -4.10. The molecule has 0 spiro atoms. The highest BCUT2D eigenvalue weighted by atomic mass is 32.2. The number of nitrogens with one attached hydrogen (secondary N) is 3. The second-order valence-electron chi connectivity index (χ2n) is 8.20. The molecule has 0 bridgehead atoms. The van der Waals surface area contributed by atoms with E-state index in [1.807, 2.05) is 20.1 Å². The van der Waals surface area contributed by atoms with Crippen molar-refractivity contribution in [2.45, 2.75) is 77.5 Å². The summed E-state index contributed by atoms with van der Waals surface area (Å²) >= 11 is 1.51. The Hall–Kier alpha value is -2.34. The standard InChI is InChI=1S/C21H39N5O6S/c1-6-11(3)16(20(30)26-17(21(31)32)12(4)7-2)25-19(29)14(10-15(23)27)24-18(28)13(22)8-9-33-5/h11-14,16-17H,6-10,22H2,1-5H3,(H2,23,27)(H,24,28)(H,25,29)(H,26,30)(H,31,32). The van der Waals surface area contributed by atoms with Crippen LogP contribution in [0, 0.1) is 11.8 Å². The van der Waals surface area contributed by atoms with Gasteiger partial charge in [0.1, 0.15) is 18.1 Å². The average molecular weight is 490 g/mol. The van der Waals surface area contributed by atoms with Crippen molar-refractivity contribution in [1.82, 2.24) is 16.0 Å². The molecule has 12 heteroatoms. The molecule has 6 atom stereocenters. The normalized spacial score (nSPS) is 16.4. The highest BCUT2D eigenvalue weighted by molar-refractivity contribution is 7.98. The topological polar surface area (TPSA) is 194 Å². The van der Waals surface area contributed by atoms with Gasteiger partial charge < -0.3 is 32.5 Å². The van der Waals surface area contributed by atoms with Crippen molar-refractivity contribution in [3.05, 3.63) is 0 Å². The van der Waals surface area contributed by atoms with E-state index in [0.717, 1.165) is 0 Å². The molecule has 0 aliphatic rings. The van der Waals surface area contributed by atoms with Gasteiger partial charge >= 0.3 is 5.97 Å². The Labute approximate surface area is 199 Å². The van der Waals surface area contributed by atoms with Gasteiger partial charge in [-0.05, 0) is 30.3 Å². The summed E-state index contributed by atoms with van der Waals surface area (Å²) in [6.45, 7) is 7.05. The summed E-state index contributed by atoms with van der Waals surface area (Å²) < 4.78 is 0. The number of primary amides is 1. The van der Waals surface area contributed by atoms with E-state index in [0.29, 0.717) is 25.0 Å². The molecule has 0 saturated carbocycles. The van der Waals surface area contributed by atoms with Gasteiger partial charge in [0.2, 0.25) is 23.6 Å². The molecular formula is C21H39N5O6S. The van der Waals surface area contributed by atoms with Gasteiger partial charge in [0, 0.05) is 0 Å². The third kappa shape index (κ3) is 10.9. The number of carbonyl (C=O) groups is 5. The van der Waals surface area contributed by atoms with Gasteiger partial charge in [-0.15, -0.1) is 0 Å². The van der Waals surface area contributed by atoms with Crippen molar-refractivity contribution < 1.29 is 29.1 Å². The summed E-state index contributed by atoms with van der Waals surface area (Å²) in [4.78, 5) is 61.3. The zero-order chi connectivity index (χ0) is 25.7. The molecule has 0 aromatic rings. The molecule has 11 nitrogen and oxygen atoms in total. The number of carboxylic acid groups (broad SMARTS) is 1. The first kappa shape index (κ1) is 30.7. The average Bonchev–Trinajstić information content (AvgIpc) is 2.76. The van der Waals surface area contributed by atoms with Crippen LogP contribution in [0.4, 0.5) is 0 Å². The molecule has 0 saturated heterocycles. The van der Waals surface area contributed by atoms with Gasteiger partial charge in [0.25, 0.3) is 0 Å². The number of hydrogen-bond donors (Lipinski definition) is 6. The Morgan fingerprint density at radius 2 is 1.39 bits per heavy atom. The van der Waals surface area contributed by atoms with Gasteiger partial charge in [0.15, 0.2) is 0 Å². The molecule has 33 heavy (non-hydrogen) atoms. The van der Waals surface area contributed by atoms with Crippen LogP contribution in [-0.2, 0) is 24.0 Å². The first-order valence-corrected chi connectivity index (χ1v) is 12.4. The van der Waals surface area contributed by atoms with Gasteiger partial charge in [0.05, 0.1) is 12.5 Å². The molecule has 4 amide bonds. The number of hydrogen-bond acceptors (Lipinski definition) is 7. The number of aliphatic carboxylic acids is 1. The number of carbonyl (C=O) groups excluding carboxylic acids is 4. The fraction of sp³-hybridized carbons (Fsp3) is 0.762. The molecule has 0 rings (SSSR count). The van der Waals surface area contributed by atoms with Crippen LogP contribution in [0.1, 0.15) is 53.4 Å². The minimum Gasteiger partial charge on any atom is -0.480 e. The molecule has 8 N–H and O–H groups in total. The Bertz CT molecular complexity index is 692. The lowest BCUT2D eigenvalue weighted by Crippen LogP contribution is -2.59. The zero-order valence-electron chi connectivity index (χ0n) is 20.1. The monoisotopic (exact) mass is 489 g/mol. The Balaban J connectivity index is 5.57. The summed E-state index contributed by atoms with van der Waals surface area (Å²) in [5, 5.41) is 16.9. The predicted molar refractivity (Wildman–Crippen MR) is 127 cm³/mol. The highest BCUT2D eigenvalue weighted by Crippen LogP contribution is 2.13. The third-order valence-electron chi connectivity index (χ3n) is 5.58. The van der Waals surface area contributed by atoms with Crippen LogP contribution in [-0.4, -0.2) is 70.9 Å². The zero-order valence-corrected chi connectivity index (χ0v) is 20.9. The number of rotatable bonds is 16. The molecule has 0 heterocycles. The maximum Gasteiger partial charge on any atom is 0.326 e. The minimum atomic E-state index is -1.32. The van der Waals surface area contributed by atoms with Crippen molar-refractivity contribution in [3.63, 3.8) is 0 Å². The molecule has 0 aromatic carbocycles. The number of nitrogens with two attached hydrogens (primary N) is 2. The maximum absolute atomic E-state index is 12.9. The fourth-order valence-corrected chi connectivity index (χ4v) is 3.44. The van der Waals surface area contributed by atoms with E-state index in [-0.39, 0.29) is 11.8 Å². The lowest BCUT2D eigenvalue weighted by Gasteiger charge is -2.29. The number of carboxylic acids is 1. The van der Waals surface area contributed by atoms with Gasteiger partial charge in [-0.1, -0.05) is 40.5 Å². The molecule has 6 unspecified atom stereocenters. The Morgan fingerprint density at radius 3 is 1.85 bits per heavy atom. The summed E-state index contributed by atoms with van der Waals surface area (Å²) in [6.07, 6.45) is 2.80. The van der Waals surface area contributed by atoms with Crippen molar-refractivity contribution in [2.24, 2.45) is 23.3 Å². The van der Waals surface area contributed by atoms with E-state index in [4.69, 9.17) is 11.5 Å². The summed E-state index contributed by atoms with van der Waals surface area (Å²) in [5.41, 5.74) is 11.1.